The molecule has 0 radical (unpaired) electrons. The number of halogens is 2. The fourth-order valence-corrected chi connectivity index (χ4v) is 4.04. The SMILES string of the molecule is O=C1CCC[C@H](N2Cc3cc(CNC(=O)Nc4ccc(F)c(Cl)c4)ccc3C2=O)C(=O)N1. The first-order valence-electron chi connectivity index (χ1n) is 10.1. The Morgan fingerprint density at radius 2 is 2.00 bits per heavy atom. The summed E-state index contributed by atoms with van der Waals surface area (Å²) in [4.78, 5) is 50.3. The molecule has 2 aromatic rings. The number of fused-ring (bicyclic) bond motifs is 1. The van der Waals surface area contributed by atoms with Crippen molar-refractivity contribution >= 4 is 41.0 Å². The smallest absolute Gasteiger partial charge is 0.319 e. The number of anilines is 1. The normalized spacial score (nSPS) is 18.1. The van der Waals surface area contributed by atoms with Gasteiger partial charge in [0.15, 0.2) is 0 Å². The zero-order chi connectivity index (χ0) is 22.8. The van der Waals surface area contributed by atoms with Crippen LogP contribution in [0.25, 0.3) is 0 Å². The molecule has 8 nitrogen and oxygen atoms in total. The number of hydrogen-bond acceptors (Lipinski definition) is 4. The number of nitrogens with one attached hydrogen (secondary N) is 3. The molecule has 0 aliphatic carbocycles. The molecule has 166 valence electrons. The van der Waals surface area contributed by atoms with Crippen molar-refractivity contribution < 1.29 is 23.6 Å². The number of hydrogen-bond donors (Lipinski definition) is 3. The minimum Gasteiger partial charge on any atom is -0.334 e. The maximum atomic E-state index is 13.2. The highest BCUT2D eigenvalue weighted by atomic mass is 35.5. The van der Waals surface area contributed by atoms with Crippen LogP contribution in [0, 0.1) is 5.82 Å². The first-order chi connectivity index (χ1) is 15.3. The molecule has 0 bridgehead atoms. The number of nitrogens with zero attached hydrogens (tertiary/aromatic N) is 1. The van der Waals surface area contributed by atoms with Crippen LogP contribution in [0.4, 0.5) is 14.9 Å². The molecular formula is C22H20ClFN4O4. The second-order valence-corrected chi connectivity index (χ2v) is 8.09. The number of imide groups is 1. The van der Waals surface area contributed by atoms with Gasteiger partial charge in [0.05, 0.1) is 5.02 Å². The lowest BCUT2D eigenvalue weighted by molar-refractivity contribution is -0.132. The standard InChI is InChI=1S/C22H20ClFN4O4/c23-16-9-14(5-7-17(16)24)26-22(32)25-10-12-4-6-15-13(8-12)11-28(21(15)31)18-2-1-3-19(29)27-20(18)30/h4-9,18H,1-3,10-11H2,(H2,25,26,32)(H,27,29,30)/t18-/m0/s1. The quantitative estimate of drug-likeness (QED) is 0.612. The van der Waals surface area contributed by atoms with Crippen molar-refractivity contribution in [3.8, 4) is 0 Å². The van der Waals surface area contributed by atoms with Gasteiger partial charge in [0, 0.05) is 30.8 Å². The summed E-state index contributed by atoms with van der Waals surface area (Å²) >= 11 is 5.71. The largest absolute Gasteiger partial charge is 0.334 e. The molecule has 4 rings (SSSR count). The fourth-order valence-electron chi connectivity index (χ4n) is 3.86. The Morgan fingerprint density at radius 3 is 2.78 bits per heavy atom. The molecule has 1 saturated heterocycles. The van der Waals surface area contributed by atoms with Crippen LogP contribution in [0.3, 0.4) is 0 Å². The van der Waals surface area contributed by atoms with Gasteiger partial charge < -0.3 is 15.5 Å². The third-order valence-electron chi connectivity index (χ3n) is 5.46. The molecule has 32 heavy (non-hydrogen) atoms. The Labute approximate surface area is 188 Å². The van der Waals surface area contributed by atoms with Gasteiger partial charge in [-0.3, -0.25) is 19.7 Å². The molecule has 0 spiro atoms. The fraction of sp³-hybridized carbons (Fsp3) is 0.273. The monoisotopic (exact) mass is 458 g/mol. The van der Waals surface area contributed by atoms with E-state index >= 15 is 0 Å². The van der Waals surface area contributed by atoms with Gasteiger partial charge in [-0.25, -0.2) is 9.18 Å². The van der Waals surface area contributed by atoms with Crippen LogP contribution >= 0.6 is 11.6 Å². The number of urea groups is 1. The van der Waals surface area contributed by atoms with Crippen molar-refractivity contribution in [1.82, 2.24) is 15.5 Å². The molecule has 1 atom stereocenters. The molecule has 10 heteroatoms. The maximum Gasteiger partial charge on any atom is 0.319 e. The van der Waals surface area contributed by atoms with E-state index in [1.165, 1.54) is 17.0 Å². The summed E-state index contributed by atoms with van der Waals surface area (Å²) < 4.78 is 13.2. The summed E-state index contributed by atoms with van der Waals surface area (Å²) in [5, 5.41) is 7.50. The zero-order valence-corrected chi connectivity index (χ0v) is 17.7. The van der Waals surface area contributed by atoms with Crippen molar-refractivity contribution in [2.75, 3.05) is 5.32 Å². The van der Waals surface area contributed by atoms with Crippen molar-refractivity contribution in [2.45, 2.75) is 38.4 Å². The van der Waals surface area contributed by atoms with Crippen molar-refractivity contribution in [3.63, 3.8) is 0 Å². The Balaban J connectivity index is 1.39. The molecule has 0 unspecified atom stereocenters. The molecule has 2 aliphatic heterocycles. The van der Waals surface area contributed by atoms with Gasteiger partial charge in [0.25, 0.3) is 5.91 Å². The highest BCUT2D eigenvalue weighted by molar-refractivity contribution is 6.31. The maximum absolute atomic E-state index is 13.2. The molecular weight excluding hydrogens is 439 g/mol. The van der Waals surface area contributed by atoms with E-state index in [0.717, 1.165) is 17.2 Å². The summed E-state index contributed by atoms with van der Waals surface area (Å²) in [5.74, 6) is -1.60. The summed E-state index contributed by atoms with van der Waals surface area (Å²) in [7, 11) is 0. The third-order valence-corrected chi connectivity index (χ3v) is 5.74. The van der Waals surface area contributed by atoms with Gasteiger partial charge in [-0.1, -0.05) is 23.7 Å². The molecule has 2 heterocycles. The van der Waals surface area contributed by atoms with E-state index in [1.807, 2.05) is 6.07 Å². The molecule has 0 aromatic heterocycles. The zero-order valence-electron chi connectivity index (χ0n) is 16.9. The van der Waals surface area contributed by atoms with Gasteiger partial charge in [-0.15, -0.1) is 0 Å². The van der Waals surface area contributed by atoms with Gasteiger partial charge in [-0.05, 0) is 48.2 Å². The van der Waals surface area contributed by atoms with Crippen LogP contribution in [-0.2, 0) is 22.7 Å². The average molecular weight is 459 g/mol. The Kier molecular flexibility index (Phi) is 6.09. The van der Waals surface area contributed by atoms with E-state index in [4.69, 9.17) is 11.6 Å². The highest BCUT2D eigenvalue weighted by Crippen LogP contribution is 2.28. The van der Waals surface area contributed by atoms with Gasteiger partial charge in [0.1, 0.15) is 11.9 Å². The van der Waals surface area contributed by atoms with Crippen LogP contribution in [0.5, 0.6) is 0 Å². The van der Waals surface area contributed by atoms with Crippen LogP contribution in [0.15, 0.2) is 36.4 Å². The summed E-state index contributed by atoms with van der Waals surface area (Å²) in [6.07, 6.45) is 1.23. The number of rotatable bonds is 4. The van der Waals surface area contributed by atoms with Crippen molar-refractivity contribution in [1.29, 1.82) is 0 Å². The predicted octanol–water partition coefficient (Wildman–Crippen LogP) is 2.95. The van der Waals surface area contributed by atoms with E-state index in [2.05, 4.69) is 16.0 Å². The van der Waals surface area contributed by atoms with Crippen LogP contribution in [0.2, 0.25) is 5.02 Å². The van der Waals surface area contributed by atoms with E-state index in [1.54, 1.807) is 12.1 Å². The third kappa shape index (κ3) is 4.57. The number of amides is 5. The second kappa shape index (κ2) is 8.96. The van der Waals surface area contributed by atoms with Crippen LogP contribution < -0.4 is 16.0 Å². The van der Waals surface area contributed by atoms with E-state index in [0.29, 0.717) is 24.1 Å². The Hall–Kier alpha value is -3.46. The number of carbonyl (C=O) groups excluding carboxylic acids is 4. The molecule has 3 N–H and O–H groups in total. The number of carbonyl (C=O) groups is 4. The van der Waals surface area contributed by atoms with Crippen molar-refractivity contribution in [3.05, 3.63) is 63.9 Å². The van der Waals surface area contributed by atoms with Gasteiger partial charge in [-0.2, -0.15) is 0 Å². The molecule has 0 saturated carbocycles. The second-order valence-electron chi connectivity index (χ2n) is 7.68. The lowest BCUT2D eigenvalue weighted by Crippen LogP contribution is -2.46. The van der Waals surface area contributed by atoms with Gasteiger partial charge in [0.2, 0.25) is 11.8 Å². The van der Waals surface area contributed by atoms with Crippen LogP contribution in [-0.4, -0.2) is 34.7 Å². The lowest BCUT2D eigenvalue weighted by atomic mass is 10.1. The summed E-state index contributed by atoms with van der Waals surface area (Å²) in [6.45, 7) is 0.454. The molecule has 2 aliphatic rings. The van der Waals surface area contributed by atoms with E-state index in [-0.39, 0.29) is 36.3 Å². The van der Waals surface area contributed by atoms with Crippen molar-refractivity contribution in [2.24, 2.45) is 0 Å². The van der Waals surface area contributed by atoms with Crippen LogP contribution in [0.1, 0.15) is 40.7 Å². The van der Waals surface area contributed by atoms with Gasteiger partial charge >= 0.3 is 6.03 Å². The number of benzene rings is 2. The minimum atomic E-state index is -0.684. The molecule has 1 fully saturated rings. The average Bonchev–Trinajstić information content (AvgIpc) is 2.97. The van der Waals surface area contributed by atoms with E-state index < -0.39 is 23.8 Å². The predicted molar refractivity (Wildman–Crippen MR) is 114 cm³/mol. The van der Waals surface area contributed by atoms with E-state index in [9.17, 15) is 23.6 Å². The Morgan fingerprint density at radius 1 is 1.19 bits per heavy atom. The Bertz CT molecular complexity index is 1120. The molecule has 5 amide bonds. The molecule has 2 aromatic carbocycles. The topological polar surface area (TPSA) is 108 Å². The minimum absolute atomic E-state index is 0.0950. The first kappa shape index (κ1) is 21.8. The lowest BCUT2D eigenvalue weighted by Gasteiger charge is -2.24. The highest BCUT2D eigenvalue weighted by Gasteiger charge is 2.37. The summed E-state index contributed by atoms with van der Waals surface area (Å²) in [6, 6.07) is 7.89. The first-order valence-corrected chi connectivity index (χ1v) is 10.5. The summed E-state index contributed by atoms with van der Waals surface area (Å²) in [5.41, 5.74) is 2.38.